The Morgan fingerprint density at radius 3 is 2.57 bits per heavy atom. The summed E-state index contributed by atoms with van der Waals surface area (Å²) < 4.78 is 0. The fraction of sp³-hybridized carbons (Fsp3) is 0.615. The lowest BCUT2D eigenvalue weighted by atomic mass is 10.1. The standard InChI is InChI=1S/C13H22N6O2/c1-8-12(9(2)18-17-8)16-13(21)15-10-3-5-19(6-4-10)7-11(14)20/h10H,3-7H2,1-2H3,(H2,14,20)(H,17,18)(H2,15,16,21). The van der Waals surface area contributed by atoms with Crippen LogP contribution in [0.5, 0.6) is 0 Å². The Hall–Kier alpha value is -2.09. The van der Waals surface area contributed by atoms with Crippen LogP contribution < -0.4 is 16.4 Å². The number of likely N-dealkylation sites (tertiary alicyclic amines) is 1. The Morgan fingerprint density at radius 2 is 2.05 bits per heavy atom. The van der Waals surface area contributed by atoms with Gasteiger partial charge in [-0.3, -0.25) is 14.8 Å². The number of aromatic nitrogens is 2. The second kappa shape index (κ2) is 6.57. The molecule has 0 radical (unpaired) electrons. The van der Waals surface area contributed by atoms with Gasteiger partial charge in [-0.2, -0.15) is 5.10 Å². The Bertz CT molecular complexity index is 499. The Balaban J connectivity index is 1.78. The predicted octanol–water partition coefficient (Wildman–Crippen LogP) is 0.0977. The zero-order chi connectivity index (χ0) is 15.4. The second-order valence-electron chi connectivity index (χ2n) is 5.42. The first kappa shape index (κ1) is 15.3. The molecule has 0 spiro atoms. The third-order valence-corrected chi connectivity index (χ3v) is 3.67. The van der Waals surface area contributed by atoms with Gasteiger partial charge in [0.2, 0.25) is 5.91 Å². The SMILES string of the molecule is Cc1n[nH]c(C)c1NC(=O)NC1CCN(CC(N)=O)CC1. The molecule has 1 saturated heterocycles. The van der Waals surface area contributed by atoms with Crippen LogP contribution in [-0.4, -0.2) is 52.7 Å². The van der Waals surface area contributed by atoms with Crippen LogP contribution in [0, 0.1) is 13.8 Å². The number of nitrogens with zero attached hydrogens (tertiary/aromatic N) is 2. The van der Waals surface area contributed by atoms with Gasteiger partial charge >= 0.3 is 6.03 Å². The summed E-state index contributed by atoms with van der Waals surface area (Å²) in [7, 11) is 0. The van der Waals surface area contributed by atoms with Crippen molar-refractivity contribution < 1.29 is 9.59 Å². The Kier molecular flexibility index (Phi) is 4.79. The molecule has 8 nitrogen and oxygen atoms in total. The number of nitrogens with two attached hydrogens (primary N) is 1. The number of carbonyl (C=O) groups excluding carboxylic acids is 2. The molecule has 0 unspecified atom stereocenters. The van der Waals surface area contributed by atoms with E-state index in [2.05, 4.69) is 20.8 Å². The highest BCUT2D eigenvalue weighted by Gasteiger charge is 2.22. The third-order valence-electron chi connectivity index (χ3n) is 3.67. The number of rotatable bonds is 4. The number of urea groups is 1. The van der Waals surface area contributed by atoms with E-state index in [-0.39, 0.29) is 24.5 Å². The molecule has 0 aliphatic carbocycles. The normalized spacial score (nSPS) is 16.7. The van der Waals surface area contributed by atoms with Gasteiger partial charge in [-0.1, -0.05) is 0 Å². The summed E-state index contributed by atoms with van der Waals surface area (Å²) in [5, 5.41) is 12.6. The number of primary amides is 1. The van der Waals surface area contributed by atoms with Crippen LogP contribution in [0.4, 0.5) is 10.5 Å². The maximum atomic E-state index is 12.0. The molecule has 3 amide bonds. The van der Waals surface area contributed by atoms with Gasteiger partial charge in [-0.15, -0.1) is 0 Å². The van der Waals surface area contributed by atoms with E-state index in [1.807, 2.05) is 18.7 Å². The molecule has 1 aromatic heterocycles. The van der Waals surface area contributed by atoms with Gasteiger partial charge in [-0.05, 0) is 26.7 Å². The number of piperidine rings is 1. The molecule has 8 heteroatoms. The predicted molar refractivity (Wildman–Crippen MR) is 78.9 cm³/mol. The van der Waals surface area contributed by atoms with Crippen LogP contribution in [0.1, 0.15) is 24.2 Å². The quantitative estimate of drug-likeness (QED) is 0.630. The van der Waals surface area contributed by atoms with Crippen LogP contribution >= 0.6 is 0 Å². The number of amides is 3. The number of hydrogen-bond acceptors (Lipinski definition) is 4. The van der Waals surface area contributed by atoms with Crippen molar-refractivity contribution in [2.75, 3.05) is 25.0 Å². The highest BCUT2D eigenvalue weighted by molar-refractivity contribution is 5.90. The van der Waals surface area contributed by atoms with Crippen molar-refractivity contribution in [2.24, 2.45) is 5.73 Å². The van der Waals surface area contributed by atoms with E-state index in [1.54, 1.807) is 0 Å². The van der Waals surface area contributed by atoms with E-state index in [0.717, 1.165) is 43.0 Å². The molecular weight excluding hydrogens is 272 g/mol. The van der Waals surface area contributed by atoms with Crippen LogP contribution in [0.2, 0.25) is 0 Å². The van der Waals surface area contributed by atoms with Gasteiger partial charge in [0.05, 0.1) is 23.6 Å². The van der Waals surface area contributed by atoms with Crippen molar-refractivity contribution in [3.8, 4) is 0 Å². The molecule has 2 heterocycles. The van der Waals surface area contributed by atoms with E-state index in [4.69, 9.17) is 5.73 Å². The number of anilines is 1. The van der Waals surface area contributed by atoms with E-state index in [0.29, 0.717) is 0 Å². The molecule has 0 bridgehead atoms. The highest BCUT2D eigenvalue weighted by atomic mass is 16.2. The number of aryl methyl sites for hydroxylation is 2. The van der Waals surface area contributed by atoms with Crippen LogP contribution in [0.3, 0.4) is 0 Å². The Labute approximate surface area is 123 Å². The third kappa shape index (κ3) is 4.19. The van der Waals surface area contributed by atoms with Gasteiger partial charge in [-0.25, -0.2) is 4.79 Å². The lowest BCUT2D eigenvalue weighted by Gasteiger charge is -2.31. The number of H-pyrrole nitrogens is 1. The number of nitrogens with one attached hydrogen (secondary N) is 3. The van der Waals surface area contributed by atoms with Crippen LogP contribution in [0.15, 0.2) is 0 Å². The van der Waals surface area contributed by atoms with Gasteiger partial charge in [0.15, 0.2) is 0 Å². The van der Waals surface area contributed by atoms with Gasteiger partial charge in [0, 0.05) is 19.1 Å². The van der Waals surface area contributed by atoms with Crippen molar-refractivity contribution in [1.82, 2.24) is 20.4 Å². The van der Waals surface area contributed by atoms with E-state index in [1.165, 1.54) is 0 Å². The maximum Gasteiger partial charge on any atom is 0.319 e. The Morgan fingerprint density at radius 1 is 1.38 bits per heavy atom. The first-order valence-electron chi connectivity index (χ1n) is 7.05. The monoisotopic (exact) mass is 294 g/mol. The van der Waals surface area contributed by atoms with Gasteiger partial charge in [0.1, 0.15) is 0 Å². The number of carbonyl (C=O) groups is 2. The minimum absolute atomic E-state index is 0.113. The average molecular weight is 294 g/mol. The lowest BCUT2D eigenvalue weighted by Crippen LogP contribution is -2.47. The van der Waals surface area contributed by atoms with Gasteiger partial charge in [0.25, 0.3) is 0 Å². The summed E-state index contributed by atoms with van der Waals surface area (Å²) in [5.74, 6) is -0.315. The molecule has 116 valence electrons. The molecule has 1 aliphatic rings. The van der Waals surface area contributed by atoms with E-state index < -0.39 is 0 Å². The zero-order valence-electron chi connectivity index (χ0n) is 12.4. The minimum Gasteiger partial charge on any atom is -0.369 e. The molecular formula is C13H22N6O2. The summed E-state index contributed by atoms with van der Waals surface area (Å²) in [6.07, 6.45) is 1.62. The van der Waals surface area contributed by atoms with Crippen molar-refractivity contribution in [2.45, 2.75) is 32.7 Å². The summed E-state index contributed by atoms with van der Waals surface area (Å²) >= 11 is 0. The molecule has 1 fully saturated rings. The summed E-state index contributed by atoms with van der Waals surface area (Å²) in [6.45, 7) is 5.50. The average Bonchev–Trinajstić information content (AvgIpc) is 2.72. The molecule has 0 aromatic carbocycles. The zero-order valence-corrected chi connectivity index (χ0v) is 12.4. The molecule has 0 atom stereocenters. The fourth-order valence-electron chi connectivity index (χ4n) is 2.53. The number of aromatic amines is 1. The summed E-state index contributed by atoms with van der Waals surface area (Å²) in [6, 6.07) is -0.113. The fourth-order valence-corrected chi connectivity index (χ4v) is 2.53. The molecule has 2 rings (SSSR count). The van der Waals surface area contributed by atoms with Crippen molar-refractivity contribution in [3.63, 3.8) is 0 Å². The lowest BCUT2D eigenvalue weighted by molar-refractivity contribution is -0.119. The molecule has 1 aromatic rings. The first-order valence-corrected chi connectivity index (χ1v) is 7.05. The number of hydrogen-bond donors (Lipinski definition) is 4. The minimum atomic E-state index is -0.315. The smallest absolute Gasteiger partial charge is 0.319 e. The van der Waals surface area contributed by atoms with Gasteiger partial charge < -0.3 is 16.4 Å². The van der Waals surface area contributed by atoms with Crippen LogP contribution in [-0.2, 0) is 4.79 Å². The second-order valence-corrected chi connectivity index (χ2v) is 5.42. The molecule has 0 saturated carbocycles. The largest absolute Gasteiger partial charge is 0.369 e. The molecule has 5 N–H and O–H groups in total. The van der Waals surface area contributed by atoms with Crippen molar-refractivity contribution in [3.05, 3.63) is 11.4 Å². The topological polar surface area (TPSA) is 116 Å². The van der Waals surface area contributed by atoms with Crippen molar-refractivity contribution in [1.29, 1.82) is 0 Å². The van der Waals surface area contributed by atoms with Crippen LogP contribution in [0.25, 0.3) is 0 Å². The first-order chi connectivity index (χ1) is 9.95. The van der Waals surface area contributed by atoms with Crippen molar-refractivity contribution >= 4 is 17.6 Å². The van der Waals surface area contributed by atoms with E-state index >= 15 is 0 Å². The molecule has 1 aliphatic heterocycles. The summed E-state index contributed by atoms with van der Waals surface area (Å²) in [4.78, 5) is 24.9. The highest BCUT2D eigenvalue weighted by Crippen LogP contribution is 2.16. The summed E-state index contributed by atoms with van der Waals surface area (Å²) in [5.41, 5.74) is 7.49. The molecule has 21 heavy (non-hydrogen) atoms. The maximum absolute atomic E-state index is 12.0. The van der Waals surface area contributed by atoms with E-state index in [9.17, 15) is 9.59 Å².